The lowest BCUT2D eigenvalue weighted by atomic mass is 10.1. The van der Waals surface area contributed by atoms with Gasteiger partial charge in [-0.3, -0.25) is 0 Å². The maximum Gasteiger partial charge on any atom is 0.214 e. The van der Waals surface area contributed by atoms with Crippen LogP contribution in [-0.2, 0) is 0 Å². The van der Waals surface area contributed by atoms with Crippen LogP contribution in [0.5, 0.6) is 0 Å². The zero-order chi connectivity index (χ0) is 14.1. The molecule has 4 unspecified atom stereocenters. The highest BCUT2D eigenvalue weighted by atomic mass is 15.5. The number of nitrogens with zero attached hydrogens (tertiary/aromatic N) is 4. The minimum atomic E-state index is 1.20. The Morgan fingerprint density at radius 3 is 1.55 bits per heavy atom. The fourth-order valence-electron chi connectivity index (χ4n) is 4.23. The number of quaternary nitrogens is 2. The first-order chi connectivity index (χ1) is 9.69. The summed E-state index contributed by atoms with van der Waals surface area (Å²) in [4.78, 5) is 5.25. The molecule has 0 aromatic carbocycles. The van der Waals surface area contributed by atoms with E-state index < -0.39 is 0 Å². The third-order valence-electron chi connectivity index (χ3n) is 5.84. The zero-order valence-corrected chi connectivity index (χ0v) is 13.4. The van der Waals surface area contributed by atoms with Crippen LogP contribution in [0.1, 0.15) is 26.7 Å². The Labute approximate surface area is 125 Å². The van der Waals surface area contributed by atoms with Crippen molar-refractivity contribution in [1.29, 1.82) is 0 Å². The first-order valence-corrected chi connectivity index (χ1v) is 8.61. The van der Waals surface area contributed by atoms with Crippen molar-refractivity contribution in [3.63, 3.8) is 0 Å². The Bertz CT molecular complexity index is 302. The van der Waals surface area contributed by atoms with Crippen molar-refractivity contribution in [2.24, 2.45) is 0 Å². The monoisotopic (exact) mass is 280 g/mol. The minimum Gasteiger partial charge on any atom is -0.301 e. The first kappa shape index (κ1) is 14.8. The van der Waals surface area contributed by atoms with Crippen LogP contribution in [0.3, 0.4) is 0 Å². The third kappa shape index (κ3) is 2.89. The maximum absolute atomic E-state index is 2.63. The standard InChI is InChI=1S/C16H32N4/c1-3-19-11-5-7-17(15-19)10-14-20(4-2)12-6-8-18(16-20)9-13-19/h15-16H,3-14H2,1-2H3/q+2. The number of hydrogen-bond acceptors (Lipinski definition) is 2. The fourth-order valence-corrected chi connectivity index (χ4v) is 4.23. The van der Waals surface area contributed by atoms with Gasteiger partial charge in [0, 0.05) is 25.9 Å². The molecular formula is C16H32N4+2. The van der Waals surface area contributed by atoms with E-state index in [0.717, 1.165) is 0 Å². The highest BCUT2D eigenvalue weighted by molar-refractivity contribution is 4.75. The van der Waals surface area contributed by atoms with Crippen molar-refractivity contribution in [3.05, 3.63) is 13.3 Å². The molecular weight excluding hydrogens is 248 g/mol. The Morgan fingerprint density at radius 1 is 0.700 bits per heavy atom. The molecule has 4 atom stereocenters. The van der Waals surface area contributed by atoms with Gasteiger partial charge in [-0.05, 0) is 13.8 Å². The van der Waals surface area contributed by atoms with Crippen LogP contribution in [0, 0.1) is 13.3 Å². The molecule has 0 aromatic rings. The summed E-state index contributed by atoms with van der Waals surface area (Å²) in [6, 6.07) is 0. The molecule has 4 nitrogen and oxygen atoms in total. The molecule has 3 rings (SSSR count). The Morgan fingerprint density at radius 2 is 1.15 bits per heavy atom. The number of hydrogen-bond donors (Lipinski definition) is 0. The van der Waals surface area contributed by atoms with E-state index in [1.165, 1.54) is 87.3 Å². The van der Waals surface area contributed by atoms with Gasteiger partial charge in [0.1, 0.15) is 0 Å². The Hall–Kier alpha value is -0.160. The Kier molecular flexibility index (Phi) is 4.37. The van der Waals surface area contributed by atoms with Crippen LogP contribution in [-0.4, -0.2) is 84.2 Å². The second-order valence-corrected chi connectivity index (χ2v) is 6.97. The molecule has 3 fully saturated rings. The lowest BCUT2D eigenvalue weighted by molar-refractivity contribution is -0.926. The van der Waals surface area contributed by atoms with E-state index in [-0.39, 0.29) is 0 Å². The quantitative estimate of drug-likeness (QED) is 0.704. The van der Waals surface area contributed by atoms with E-state index in [9.17, 15) is 0 Å². The zero-order valence-electron chi connectivity index (χ0n) is 13.4. The SMILES string of the molecule is CC[N+]12[CH]N(CCC1)CC[N+]1(CC)[CH]N(CCC1)CC2. The van der Waals surface area contributed by atoms with Gasteiger partial charge in [-0.2, -0.15) is 0 Å². The topological polar surface area (TPSA) is 6.48 Å². The predicted octanol–water partition coefficient (Wildman–Crippen LogP) is 1.32. The smallest absolute Gasteiger partial charge is 0.214 e. The summed E-state index contributed by atoms with van der Waals surface area (Å²) in [7, 11) is 0. The van der Waals surface area contributed by atoms with Crippen LogP contribution < -0.4 is 0 Å². The van der Waals surface area contributed by atoms with E-state index >= 15 is 0 Å². The number of fused-ring (bicyclic) bond motifs is 4. The number of rotatable bonds is 2. The van der Waals surface area contributed by atoms with Gasteiger partial charge in [-0.25, -0.2) is 9.80 Å². The second kappa shape index (κ2) is 5.91. The molecule has 0 spiro atoms. The summed E-state index contributed by atoms with van der Waals surface area (Å²) in [6.45, 7) is 22.6. The highest BCUT2D eigenvalue weighted by Gasteiger charge is 2.40. The van der Waals surface area contributed by atoms with Gasteiger partial charge < -0.3 is 8.97 Å². The van der Waals surface area contributed by atoms with Crippen molar-refractivity contribution in [3.8, 4) is 0 Å². The van der Waals surface area contributed by atoms with E-state index in [2.05, 4.69) is 37.0 Å². The van der Waals surface area contributed by atoms with Crippen molar-refractivity contribution in [2.75, 3.05) is 65.4 Å². The lowest BCUT2D eigenvalue weighted by Crippen LogP contribution is -2.63. The molecule has 0 aliphatic carbocycles. The van der Waals surface area contributed by atoms with Crippen molar-refractivity contribution < 1.29 is 8.97 Å². The van der Waals surface area contributed by atoms with Crippen molar-refractivity contribution in [2.45, 2.75) is 26.7 Å². The minimum absolute atomic E-state index is 1.20. The summed E-state index contributed by atoms with van der Waals surface area (Å²) in [5, 5.41) is 0. The molecule has 114 valence electrons. The molecule has 4 bridgehead atoms. The summed E-state index contributed by atoms with van der Waals surface area (Å²) in [6.07, 6.45) is 2.72. The summed E-state index contributed by atoms with van der Waals surface area (Å²) < 4.78 is 2.41. The van der Waals surface area contributed by atoms with Gasteiger partial charge >= 0.3 is 0 Å². The maximum atomic E-state index is 2.63. The van der Waals surface area contributed by atoms with Crippen LogP contribution >= 0.6 is 0 Å². The highest BCUT2D eigenvalue weighted by Crippen LogP contribution is 2.26. The summed E-state index contributed by atoms with van der Waals surface area (Å²) >= 11 is 0. The third-order valence-corrected chi connectivity index (χ3v) is 5.84. The van der Waals surface area contributed by atoms with E-state index in [4.69, 9.17) is 0 Å². The first-order valence-electron chi connectivity index (χ1n) is 8.61. The fraction of sp³-hybridized carbons (Fsp3) is 0.875. The van der Waals surface area contributed by atoms with Crippen molar-refractivity contribution in [1.82, 2.24) is 9.80 Å². The van der Waals surface area contributed by atoms with Crippen LogP contribution in [0.25, 0.3) is 0 Å². The summed E-state index contributed by atoms with van der Waals surface area (Å²) in [5.41, 5.74) is 0. The molecule has 3 aliphatic rings. The molecule has 2 radical (unpaired) electrons. The molecule has 3 saturated heterocycles. The predicted molar refractivity (Wildman–Crippen MR) is 82.1 cm³/mol. The molecule has 0 saturated carbocycles. The van der Waals surface area contributed by atoms with Crippen LogP contribution in [0.15, 0.2) is 0 Å². The van der Waals surface area contributed by atoms with Crippen LogP contribution in [0.4, 0.5) is 0 Å². The average Bonchev–Trinajstić information content (AvgIpc) is 2.51. The summed E-state index contributed by atoms with van der Waals surface area (Å²) in [5.74, 6) is 0. The van der Waals surface area contributed by atoms with E-state index in [1.807, 2.05) is 0 Å². The molecule has 20 heavy (non-hydrogen) atoms. The molecule has 0 N–H and O–H groups in total. The molecule has 0 amide bonds. The van der Waals surface area contributed by atoms with E-state index in [0.29, 0.717) is 0 Å². The van der Waals surface area contributed by atoms with Gasteiger partial charge in [-0.15, -0.1) is 0 Å². The van der Waals surface area contributed by atoms with Crippen LogP contribution in [0.2, 0.25) is 0 Å². The molecule has 0 aromatic heterocycles. The largest absolute Gasteiger partial charge is 0.301 e. The number of likely N-dealkylation sites (N-methyl/N-ethyl adjacent to an activating group) is 2. The Balaban J connectivity index is 1.77. The molecule has 3 heterocycles. The van der Waals surface area contributed by atoms with Gasteiger partial charge in [0.2, 0.25) is 13.3 Å². The van der Waals surface area contributed by atoms with Gasteiger partial charge in [0.25, 0.3) is 0 Å². The van der Waals surface area contributed by atoms with Gasteiger partial charge in [0.15, 0.2) is 0 Å². The van der Waals surface area contributed by atoms with Gasteiger partial charge in [0.05, 0.1) is 52.4 Å². The van der Waals surface area contributed by atoms with E-state index in [1.54, 1.807) is 0 Å². The van der Waals surface area contributed by atoms with Crippen molar-refractivity contribution >= 4 is 0 Å². The molecule has 3 aliphatic heterocycles. The average molecular weight is 280 g/mol. The second-order valence-electron chi connectivity index (χ2n) is 6.97. The lowest BCUT2D eigenvalue weighted by Gasteiger charge is -2.50. The van der Waals surface area contributed by atoms with Gasteiger partial charge in [-0.1, -0.05) is 0 Å². The normalized spacial score (nSPS) is 45.9. The molecule has 4 heteroatoms.